The van der Waals surface area contributed by atoms with Crippen molar-refractivity contribution in [2.75, 3.05) is 0 Å². The van der Waals surface area contributed by atoms with Crippen LogP contribution in [0.4, 0.5) is 8.78 Å². The van der Waals surface area contributed by atoms with Crippen molar-refractivity contribution in [3.05, 3.63) is 76.3 Å². The Morgan fingerprint density at radius 2 is 1.88 bits per heavy atom. The second-order valence-electron chi connectivity index (χ2n) is 5.28. The van der Waals surface area contributed by atoms with Crippen LogP contribution in [0.1, 0.15) is 17.2 Å². The van der Waals surface area contributed by atoms with E-state index < -0.39 is 28.6 Å². The number of hydrogen-bond acceptors (Lipinski definition) is 3. The number of aliphatic carboxylic acids is 1. The van der Waals surface area contributed by atoms with Gasteiger partial charge in [-0.15, -0.1) is 11.8 Å². The highest BCUT2D eigenvalue weighted by Crippen LogP contribution is 2.46. The van der Waals surface area contributed by atoms with Gasteiger partial charge >= 0.3 is 5.97 Å². The Morgan fingerprint density at radius 3 is 2.52 bits per heavy atom. The van der Waals surface area contributed by atoms with E-state index in [0.29, 0.717) is 12.1 Å². The topological polar surface area (TPSA) is 66.4 Å². The molecule has 0 aromatic heterocycles. The molecule has 0 aliphatic carbocycles. The van der Waals surface area contributed by atoms with Crippen LogP contribution in [0.2, 0.25) is 0 Å². The van der Waals surface area contributed by atoms with Crippen LogP contribution in [0.15, 0.2) is 64.0 Å². The second kappa shape index (κ2) is 7.37. The van der Waals surface area contributed by atoms with E-state index >= 15 is 0 Å². The summed E-state index contributed by atoms with van der Waals surface area (Å²) in [6.45, 7) is 0. The van der Waals surface area contributed by atoms with Crippen molar-refractivity contribution in [2.45, 2.75) is 16.6 Å². The minimum absolute atomic E-state index is 0.0318. The number of carboxylic acids is 1. The van der Waals surface area contributed by atoms with Crippen molar-refractivity contribution in [1.29, 1.82) is 0 Å². The molecule has 0 saturated carbocycles. The number of carboxylic acid groups (broad SMARTS) is 1. The highest BCUT2D eigenvalue weighted by molar-refractivity contribution is 8.04. The van der Waals surface area contributed by atoms with Crippen LogP contribution in [0, 0.1) is 11.6 Å². The maximum absolute atomic E-state index is 13.3. The van der Waals surface area contributed by atoms with Crippen molar-refractivity contribution >= 4 is 28.7 Å². The van der Waals surface area contributed by atoms with Gasteiger partial charge < -0.3 is 9.83 Å². The third-order valence-corrected chi connectivity index (χ3v) is 6.10. The van der Waals surface area contributed by atoms with Crippen LogP contribution in [0.3, 0.4) is 0 Å². The minimum Gasteiger partial charge on any atom is -0.477 e. The number of halogens is 2. The Labute approximate surface area is 149 Å². The molecule has 2 N–H and O–H groups in total. The first-order valence-corrected chi connectivity index (χ1v) is 9.30. The van der Waals surface area contributed by atoms with Gasteiger partial charge in [-0.2, -0.15) is 0 Å². The zero-order valence-corrected chi connectivity index (χ0v) is 14.4. The Balaban J connectivity index is 1.81. The lowest BCUT2D eigenvalue weighted by atomic mass is 10.1. The SMILES string of the molecule is O=C(O)C1=C(NS(=O)c2ccc(F)c(F)c2)CC(c2ccccc2)S1. The molecule has 1 heterocycles. The highest BCUT2D eigenvalue weighted by Gasteiger charge is 2.31. The molecule has 1 aliphatic heterocycles. The number of benzene rings is 2. The zero-order valence-electron chi connectivity index (χ0n) is 12.7. The molecule has 2 aromatic rings. The summed E-state index contributed by atoms with van der Waals surface area (Å²) in [6, 6.07) is 12.3. The van der Waals surface area contributed by atoms with Crippen molar-refractivity contribution in [3.63, 3.8) is 0 Å². The number of hydrogen-bond donors (Lipinski definition) is 2. The monoisotopic (exact) mass is 381 g/mol. The van der Waals surface area contributed by atoms with Gasteiger partial charge in [-0.3, -0.25) is 0 Å². The normalized spacial score (nSPS) is 18.2. The molecule has 130 valence electrons. The quantitative estimate of drug-likeness (QED) is 0.828. The molecule has 0 amide bonds. The summed E-state index contributed by atoms with van der Waals surface area (Å²) < 4.78 is 41.3. The van der Waals surface area contributed by atoms with Crippen molar-refractivity contribution in [3.8, 4) is 0 Å². The summed E-state index contributed by atoms with van der Waals surface area (Å²) in [5, 5.41) is 9.27. The van der Waals surface area contributed by atoms with Crippen molar-refractivity contribution in [1.82, 2.24) is 4.72 Å². The number of thioether (sulfide) groups is 1. The molecule has 25 heavy (non-hydrogen) atoms. The van der Waals surface area contributed by atoms with Gasteiger partial charge in [0.1, 0.15) is 15.9 Å². The molecular weight excluding hydrogens is 368 g/mol. The first-order chi connectivity index (χ1) is 12.0. The molecule has 0 radical (unpaired) electrons. The van der Waals surface area contributed by atoms with Gasteiger partial charge in [-0.05, 0) is 23.8 Å². The van der Waals surface area contributed by atoms with Crippen LogP contribution in [0.5, 0.6) is 0 Å². The molecule has 2 aromatic carbocycles. The first kappa shape index (κ1) is 17.6. The number of allylic oxidation sites excluding steroid dienone is 1. The standard InChI is InChI=1S/C17H13F2NO3S2/c18-12-7-6-11(8-13(12)19)25(23)20-14-9-15(24-16(14)17(21)22)10-4-2-1-3-5-10/h1-8,15,20H,9H2,(H,21,22). The molecule has 0 spiro atoms. The van der Waals surface area contributed by atoms with E-state index in [1.807, 2.05) is 30.3 Å². The van der Waals surface area contributed by atoms with Crippen LogP contribution >= 0.6 is 11.8 Å². The van der Waals surface area contributed by atoms with E-state index in [1.165, 1.54) is 17.8 Å². The van der Waals surface area contributed by atoms with Crippen molar-refractivity contribution < 1.29 is 22.9 Å². The third kappa shape index (κ3) is 3.91. The molecular formula is C17H13F2NO3S2. The third-order valence-electron chi connectivity index (χ3n) is 3.61. The first-order valence-electron chi connectivity index (χ1n) is 7.27. The number of rotatable bonds is 5. The summed E-state index contributed by atoms with van der Waals surface area (Å²) in [5.74, 6) is -3.26. The largest absolute Gasteiger partial charge is 0.477 e. The lowest BCUT2D eigenvalue weighted by Crippen LogP contribution is -2.18. The van der Waals surface area contributed by atoms with Gasteiger partial charge in [0.15, 0.2) is 11.6 Å². The Bertz CT molecular complexity index is 871. The van der Waals surface area contributed by atoms with Gasteiger partial charge in [-0.1, -0.05) is 30.3 Å². The van der Waals surface area contributed by atoms with E-state index in [0.717, 1.165) is 17.7 Å². The molecule has 2 atom stereocenters. The second-order valence-corrected chi connectivity index (χ2v) is 7.71. The molecule has 4 nitrogen and oxygen atoms in total. The van der Waals surface area contributed by atoms with E-state index in [2.05, 4.69) is 4.72 Å². The van der Waals surface area contributed by atoms with Crippen LogP contribution in [0.25, 0.3) is 0 Å². The molecule has 1 aliphatic rings. The van der Waals surface area contributed by atoms with Gasteiger partial charge in [0.25, 0.3) is 0 Å². The summed E-state index contributed by atoms with van der Waals surface area (Å²) >= 11 is 1.17. The van der Waals surface area contributed by atoms with Gasteiger partial charge in [0, 0.05) is 17.4 Å². The minimum atomic E-state index is -1.89. The molecule has 0 saturated heterocycles. The molecule has 3 rings (SSSR count). The maximum Gasteiger partial charge on any atom is 0.344 e. The average Bonchev–Trinajstić information content (AvgIpc) is 3.02. The zero-order chi connectivity index (χ0) is 18.0. The fourth-order valence-corrected chi connectivity index (χ4v) is 4.62. The fourth-order valence-electron chi connectivity index (χ4n) is 2.42. The number of carbonyl (C=O) groups is 1. The summed E-state index contributed by atoms with van der Waals surface area (Å²) in [5.41, 5.74) is 1.27. The van der Waals surface area contributed by atoms with Gasteiger partial charge in [-0.25, -0.2) is 17.8 Å². The molecule has 2 unspecified atom stereocenters. The summed E-state index contributed by atoms with van der Waals surface area (Å²) in [6.07, 6.45) is 0.353. The summed E-state index contributed by atoms with van der Waals surface area (Å²) in [7, 11) is -1.89. The van der Waals surface area contributed by atoms with Crippen molar-refractivity contribution in [2.24, 2.45) is 0 Å². The van der Waals surface area contributed by atoms with Gasteiger partial charge in [0.2, 0.25) is 0 Å². The van der Waals surface area contributed by atoms with E-state index in [9.17, 15) is 22.9 Å². The fraction of sp³-hybridized carbons (Fsp3) is 0.118. The molecule has 0 bridgehead atoms. The number of nitrogens with one attached hydrogen (secondary N) is 1. The van der Waals surface area contributed by atoms with Crippen LogP contribution in [-0.4, -0.2) is 15.3 Å². The molecule has 8 heteroatoms. The Morgan fingerprint density at radius 1 is 1.16 bits per heavy atom. The van der Waals surface area contributed by atoms with E-state index in [1.54, 1.807) is 0 Å². The predicted octanol–water partition coefficient (Wildman–Crippen LogP) is 3.75. The van der Waals surface area contributed by atoms with E-state index in [-0.39, 0.29) is 15.1 Å². The highest BCUT2D eigenvalue weighted by atomic mass is 32.2. The average molecular weight is 381 g/mol. The Kier molecular flexibility index (Phi) is 5.19. The van der Waals surface area contributed by atoms with Crippen LogP contribution in [-0.2, 0) is 15.8 Å². The maximum atomic E-state index is 13.3. The lowest BCUT2D eigenvalue weighted by Gasteiger charge is -2.10. The van der Waals surface area contributed by atoms with Gasteiger partial charge in [0.05, 0.1) is 4.90 Å². The predicted molar refractivity (Wildman–Crippen MR) is 92.0 cm³/mol. The van der Waals surface area contributed by atoms with Crippen LogP contribution < -0.4 is 4.72 Å². The summed E-state index contributed by atoms with van der Waals surface area (Å²) in [4.78, 5) is 11.6. The van der Waals surface area contributed by atoms with E-state index in [4.69, 9.17) is 0 Å². The molecule has 0 fully saturated rings. The lowest BCUT2D eigenvalue weighted by molar-refractivity contribution is -0.131. The Hall–Kier alpha value is -2.19. The smallest absolute Gasteiger partial charge is 0.344 e.